The number of aromatic nitrogens is 3. The predicted octanol–water partition coefficient (Wildman–Crippen LogP) is 10.8. The normalized spacial score (nSPS) is 11.2. The molecule has 0 bridgehead atoms. The van der Waals surface area contributed by atoms with Gasteiger partial charge >= 0.3 is 0 Å². The van der Waals surface area contributed by atoms with Gasteiger partial charge in [-0.05, 0) is 98.8 Å². The Kier molecular flexibility index (Phi) is 7.99. The first-order chi connectivity index (χ1) is 24.2. The lowest BCUT2D eigenvalue weighted by molar-refractivity contribution is 0.323. The van der Waals surface area contributed by atoms with Gasteiger partial charge in [-0.2, -0.15) is 0 Å². The zero-order chi connectivity index (χ0) is 33.2. The van der Waals surface area contributed by atoms with Gasteiger partial charge in [-0.25, -0.2) is 0 Å². The molecule has 0 aliphatic heterocycles. The van der Waals surface area contributed by atoms with E-state index in [1.165, 1.54) is 21.8 Å². The largest absolute Gasteiger partial charge is 0.494 e. The van der Waals surface area contributed by atoms with Gasteiger partial charge in [0.15, 0.2) is 0 Å². The molecule has 8 rings (SSSR count). The van der Waals surface area contributed by atoms with Crippen molar-refractivity contribution < 1.29 is 13.9 Å². The molecule has 0 atom stereocenters. The molecule has 0 fully saturated rings. The average molecular weight is 643 g/mol. The zero-order valence-corrected chi connectivity index (χ0v) is 27.3. The fourth-order valence-corrected chi connectivity index (χ4v) is 6.38. The van der Waals surface area contributed by atoms with Gasteiger partial charge in [0.2, 0.25) is 11.8 Å². The monoisotopic (exact) mass is 642 g/mol. The van der Waals surface area contributed by atoms with Gasteiger partial charge in [0, 0.05) is 50.7 Å². The van der Waals surface area contributed by atoms with E-state index in [0.717, 1.165) is 33.9 Å². The smallest absolute Gasteiger partial charge is 0.248 e. The SMILES string of the molecule is CCOc1cc(OCC)cc(-c2nnc(-c3ccc(N(c4ccccc4)c4ccc(-n5c6ccccc6c6ccccc65)cc4)cc3)o2)c1. The highest BCUT2D eigenvalue weighted by atomic mass is 16.5. The maximum absolute atomic E-state index is 6.15. The molecule has 7 heteroatoms. The van der Waals surface area contributed by atoms with Crippen molar-refractivity contribution in [3.8, 4) is 40.1 Å². The average Bonchev–Trinajstić information content (AvgIpc) is 3.77. The quantitative estimate of drug-likeness (QED) is 0.148. The molecule has 0 spiro atoms. The topological polar surface area (TPSA) is 65.6 Å². The first-order valence-electron chi connectivity index (χ1n) is 16.5. The van der Waals surface area contributed by atoms with Gasteiger partial charge in [-0.15, -0.1) is 10.2 Å². The van der Waals surface area contributed by atoms with Crippen molar-refractivity contribution in [3.05, 3.63) is 146 Å². The van der Waals surface area contributed by atoms with E-state index in [-0.39, 0.29) is 0 Å². The van der Waals surface area contributed by atoms with Gasteiger partial charge in [-0.3, -0.25) is 0 Å². The van der Waals surface area contributed by atoms with Gasteiger partial charge in [0.25, 0.3) is 0 Å². The van der Waals surface area contributed by atoms with Crippen molar-refractivity contribution in [2.75, 3.05) is 18.1 Å². The van der Waals surface area contributed by atoms with Crippen LogP contribution in [0.4, 0.5) is 17.1 Å². The second-order valence-electron chi connectivity index (χ2n) is 11.6. The summed E-state index contributed by atoms with van der Waals surface area (Å²) in [5.74, 6) is 2.22. The minimum absolute atomic E-state index is 0.399. The number of benzene rings is 6. The number of anilines is 3. The molecule has 0 aliphatic rings. The van der Waals surface area contributed by atoms with Crippen molar-refractivity contribution >= 4 is 38.9 Å². The Bertz CT molecular complexity index is 2280. The zero-order valence-electron chi connectivity index (χ0n) is 27.3. The molecule has 0 N–H and O–H groups in total. The molecule has 0 radical (unpaired) electrons. The molecule has 0 amide bonds. The predicted molar refractivity (Wildman–Crippen MR) is 197 cm³/mol. The molecule has 7 nitrogen and oxygen atoms in total. The fourth-order valence-electron chi connectivity index (χ4n) is 6.38. The van der Waals surface area contributed by atoms with Crippen LogP contribution in [0.2, 0.25) is 0 Å². The van der Waals surface area contributed by atoms with Crippen LogP contribution >= 0.6 is 0 Å². The highest BCUT2D eigenvalue weighted by Crippen LogP contribution is 2.38. The Hall–Kier alpha value is -6.34. The van der Waals surface area contributed by atoms with Crippen LogP contribution < -0.4 is 14.4 Å². The van der Waals surface area contributed by atoms with Crippen molar-refractivity contribution in [2.45, 2.75) is 13.8 Å². The molecule has 0 saturated carbocycles. The third-order valence-electron chi connectivity index (χ3n) is 8.51. The minimum atomic E-state index is 0.399. The second-order valence-corrected chi connectivity index (χ2v) is 11.6. The van der Waals surface area contributed by atoms with Crippen LogP contribution in [0.1, 0.15) is 13.8 Å². The molecule has 49 heavy (non-hydrogen) atoms. The summed E-state index contributed by atoms with van der Waals surface area (Å²) >= 11 is 0. The van der Waals surface area contributed by atoms with E-state index < -0.39 is 0 Å². The van der Waals surface area contributed by atoms with Crippen LogP contribution in [0.25, 0.3) is 50.4 Å². The van der Waals surface area contributed by atoms with E-state index in [2.05, 4.69) is 129 Å². The van der Waals surface area contributed by atoms with E-state index in [0.29, 0.717) is 36.5 Å². The van der Waals surface area contributed by atoms with Gasteiger partial charge in [-0.1, -0.05) is 54.6 Å². The molecular formula is C42H34N4O3. The highest BCUT2D eigenvalue weighted by Gasteiger charge is 2.17. The number of rotatable bonds is 10. The molecule has 0 aliphatic carbocycles. The minimum Gasteiger partial charge on any atom is -0.494 e. The molecule has 6 aromatic carbocycles. The lowest BCUT2D eigenvalue weighted by Crippen LogP contribution is -2.10. The van der Waals surface area contributed by atoms with Crippen molar-refractivity contribution in [1.29, 1.82) is 0 Å². The third kappa shape index (κ3) is 5.76. The first-order valence-corrected chi connectivity index (χ1v) is 16.5. The summed E-state index contributed by atoms with van der Waals surface area (Å²) in [7, 11) is 0. The van der Waals surface area contributed by atoms with Crippen LogP contribution in [0.15, 0.2) is 150 Å². The highest BCUT2D eigenvalue weighted by molar-refractivity contribution is 6.09. The van der Waals surface area contributed by atoms with Crippen LogP contribution in [0, 0.1) is 0 Å². The number of hydrogen-bond donors (Lipinski definition) is 0. The third-order valence-corrected chi connectivity index (χ3v) is 8.51. The van der Waals surface area contributed by atoms with Crippen molar-refractivity contribution in [3.63, 3.8) is 0 Å². The molecule has 8 aromatic rings. The summed E-state index contributed by atoms with van der Waals surface area (Å²) < 4.78 is 20.0. The summed E-state index contributed by atoms with van der Waals surface area (Å²) in [4.78, 5) is 2.24. The van der Waals surface area contributed by atoms with E-state index in [1.807, 2.05) is 50.2 Å². The number of para-hydroxylation sites is 3. The van der Waals surface area contributed by atoms with Crippen LogP contribution in [0.3, 0.4) is 0 Å². The number of ether oxygens (including phenoxy) is 2. The maximum atomic E-state index is 6.15. The van der Waals surface area contributed by atoms with Gasteiger partial charge < -0.3 is 23.4 Å². The fraction of sp³-hybridized carbons (Fsp3) is 0.0952. The molecule has 0 unspecified atom stereocenters. The van der Waals surface area contributed by atoms with Crippen LogP contribution in [0.5, 0.6) is 11.5 Å². The van der Waals surface area contributed by atoms with Crippen molar-refractivity contribution in [2.24, 2.45) is 0 Å². The Labute approximate surface area is 284 Å². The lowest BCUT2D eigenvalue weighted by atomic mass is 10.1. The van der Waals surface area contributed by atoms with Crippen LogP contribution in [-0.2, 0) is 0 Å². The summed E-state index contributed by atoms with van der Waals surface area (Å²) in [6.07, 6.45) is 0. The molecule has 240 valence electrons. The second kappa shape index (κ2) is 13.0. The number of fused-ring (bicyclic) bond motifs is 3. The van der Waals surface area contributed by atoms with Gasteiger partial charge in [0.1, 0.15) is 11.5 Å². The maximum Gasteiger partial charge on any atom is 0.248 e. The Morgan fingerprint density at radius 1 is 0.531 bits per heavy atom. The van der Waals surface area contributed by atoms with E-state index in [4.69, 9.17) is 13.9 Å². The van der Waals surface area contributed by atoms with Crippen LogP contribution in [-0.4, -0.2) is 28.0 Å². The number of nitrogens with zero attached hydrogens (tertiary/aromatic N) is 4. The Morgan fingerprint density at radius 3 is 1.59 bits per heavy atom. The summed E-state index contributed by atoms with van der Waals surface area (Å²) in [6.45, 7) is 4.98. The van der Waals surface area contributed by atoms with E-state index in [9.17, 15) is 0 Å². The summed E-state index contributed by atoms with van der Waals surface area (Å²) in [6, 6.07) is 50.1. The summed E-state index contributed by atoms with van der Waals surface area (Å²) in [5.41, 5.74) is 8.15. The lowest BCUT2D eigenvalue weighted by Gasteiger charge is -2.26. The Balaban J connectivity index is 1.12. The van der Waals surface area contributed by atoms with E-state index in [1.54, 1.807) is 0 Å². The molecule has 0 saturated heterocycles. The Morgan fingerprint density at radius 2 is 1.02 bits per heavy atom. The number of hydrogen-bond acceptors (Lipinski definition) is 6. The van der Waals surface area contributed by atoms with Gasteiger partial charge in [0.05, 0.1) is 24.2 Å². The van der Waals surface area contributed by atoms with Crippen molar-refractivity contribution in [1.82, 2.24) is 14.8 Å². The van der Waals surface area contributed by atoms with E-state index >= 15 is 0 Å². The first kappa shape index (κ1) is 30.0. The molecule has 2 aromatic heterocycles. The summed E-state index contributed by atoms with van der Waals surface area (Å²) in [5, 5.41) is 11.2. The molecule has 2 heterocycles. The standard InChI is InChI=1S/C42H34N4O3/c1-3-47-35-26-30(27-36(28-35)48-4-2)42-44-43-41(49-42)29-18-20-32(21-19-29)45(31-12-6-5-7-13-31)33-22-24-34(25-23-33)46-39-16-10-8-14-37(39)38-15-9-11-17-40(38)46/h5-28H,3-4H2,1-2H3. The molecular weight excluding hydrogens is 608 g/mol.